The van der Waals surface area contributed by atoms with Crippen molar-refractivity contribution in [1.82, 2.24) is 0 Å². The number of benzene rings is 3. The topological polar surface area (TPSA) is 47.6 Å². The van der Waals surface area contributed by atoms with Crippen molar-refractivity contribution in [1.29, 1.82) is 0 Å². The highest BCUT2D eigenvalue weighted by atomic mass is 35.5. The lowest BCUT2D eigenvalue weighted by Gasteiger charge is -2.13. The van der Waals surface area contributed by atoms with Crippen LogP contribution in [0.4, 0.5) is 5.69 Å². The van der Waals surface area contributed by atoms with Crippen LogP contribution in [0.2, 0.25) is 5.02 Å². The number of nitrogens with one attached hydrogen (secondary N) is 1. The summed E-state index contributed by atoms with van der Waals surface area (Å²) in [5.41, 5.74) is 2.86. The molecule has 0 aliphatic rings. The molecule has 0 aromatic heterocycles. The molecule has 0 fully saturated rings. The van der Waals surface area contributed by atoms with E-state index < -0.39 is 0 Å². The Balaban J connectivity index is 1.46. The molecule has 0 spiro atoms. The third-order valence-electron chi connectivity index (χ3n) is 4.39. The minimum Gasteiger partial charge on any atom is -0.489 e. The van der Waals surface area contributed by atoms with E-state index in [1.807, 2.05) is 68.4 Å². The fraction of sp³-hybridized carbons (Fsp3) is 0.240. The van der Waals surface area contributed by atoms with Crippen molar-refractivity contribution in [2.75, 3.05) is 5.32 Å². The number of hydrogen-bond donors (Lipinski definition) is 1. The second kappa shape index (κ2) is 10.7. The summed E-state index contributed by atoms with van der Waals surface area (Å²) in [7, 11) is 0. The van der Waals surface area contributed by atoms with Crippen LogP contribution in [0.3, 0.4) is 0 Å². The largest absolute Gasteiger partial charge is 0.489 e. The number of carbonyl (C=O) groups excluding carboxylic acids is 1. The maximum Gasteiger partial charge on any atom is 0.224 e. The average Bonchev–Trinajstić information content (AvgIpc) is 2.74. The van der Waals surface area contributed by atoms with Gasteiger partial charge in [0.1, 0.15) is 18.1 Å². The van der Waals surface area contributed by atoms with Gasteiger partial charge in [0, 0.05) is 12.1 Å². The first kappa shape index (κ1) is 21.7. The molecular formula is C25H26ClNO3. The van der Waals surface area contributed by atoms with E-state index in [0.717, 1.165) is 16.9 Å². The van der Waals surface area contributed by atoms with Crippen LogP contribution in [0.5, 0.6) is 11.5 Å². The molecule has 3 rings (SSSR count). The first-order chi connectivity index (χ1) is 14.5. The van der Waals surface area contributed by atoms with Gasteiger partial charge in [-0.05, 0) is 61.7 Å². The molecule has 0 atom stereocenters. The second-order valence-electron chi connectivity index (χ2n) is 7.28. The molecule has 0 radical (unpaired) electrons. The van der Waals surface area contributed by atoms with Crippen LogP contribution in [-0.2, 0) is 17.8 Å². The summed E-state index contributed by atoms with van der Waals surface area (Å²) < 4.78 is 11.4. The quantitative estimate of drug-likeness (QED) is 0.440. The van der Waals surface area contributed by atoms with E-state index in [4.69, 9.17) is 21.1 Å². The molecule has 1 amide bonds. The number of hydrogen-bond acceptors (Lipinski definition) is 3. The van der Waals surface area contributed by atoms with Crippen molar-refractivity contribution in [2.24, 2.45) is 0 Å². The standard InChI is InChI=1S/C25H26ClNO3/c1-18(2)30-24-14-11-21(16-23(24)26)27-25(28)15-10-19-8-12-22(13-9-19)29-17-20-6-4-3-5-7-20/h3-9,11-14,16,18H,10,15,17H2,1-2H3,(H,27,28). The molecule has 0 saturated heterocycles. The lowest BCUT2D eigenvalue weighted by Crippen LogP contribution is -2.12. The van der Waals surface area contributed by atoms with Gasteiger partial charge in [-0.15, -0.1) is 0 Å². The highest BCUT2D eigenvalue weighted by Gasteiger charge is 2.08. The predicted octanol–water partition coefficient (Wildman–Crippen LogP) is 6.28. The van der Waals surface area contributed by atoms with Crippen molar-refractivity contribution in [3.05, 3.63) is 88.9 Å². The van der Waals surface area contributed by atoms with Gasteiger partial charge in [0.15, 0.2) is 0 Å². The number of halogens is 1. The fourth-order valence-electron chi connectivity index (χ4n) is 2.90. The van der Waals surface area contributed by atoms with E-state index in [9.17, 15) is 4.79 Å². The van der Waals surface area contributed by atoms with Gasteiger partial charge < -0.3 is 14.8 Å². The summed E-state index contributed by atoms with van der Waals surface area (Å²) in [6.07, 6.45) is 1.07. The van der Waals surface area contributed by atoms with Gasteiger partial charge in [-0.3, -0.25) is 4.79 Å². The summed E-state index contributed by atoms with van der Waals surface area (Å²) in [5, 5.41) is 3.36. The first-order valence-corrected chi connectivity index (χ1v) is 10.4. The van der Waals surface area contributed by atoms with Crippen LogP contribution < -0.4 is 14.8 Å². The average molecular weight is 424 g/mol. The number of carbonyl (C=O) groups is 1. The van der Waals surface area contributed by atoms with Crippen LogP contribution in [0, 0.1) is 0 Å². The third kappa shape index (κ3) is 6.82. The molecule has 30 heavy (non-hydrogen) atoms. The van der Waals surface area contributed by atoms with Gasteiger partial charge in [0.2, 0.25) is 5.91 Å². The minimum atomic E-state index is -0.0620. The minimum absolute atomic E-state index is 0.0399. The van der Waals surface area contributed by atoms with Gasteiger partial charge in [-0.2, -0.15) is 0 Å². The lowest BCUT2D eigenvalue weighted by molar-refractivity contribution is -0.116. The monoisotopic (exact) mass is 423 g/mol. The molecular weight excluding hydrogens is 398 g/mol. The highest BCUT2D eigenvalue weighted by Crippen LogP contribution is 2.28. The van der Waals surface area contributed by atoms with Crippen LogP contribution in [0.1, 0.15) is 31.4 Å². The Kier molecular flexibility index (Phi) is 7.75. The maximum atomic E-state index is 12.3. The maximum absolute atomic E-state index is 12.3. The van der Waals surface area contributed by atoms with E-state index in [1.165, 1.54) is 0 Å². The molecule has 0 bridgehead atoms. The molecule has 0 saturated carbocycles. The SMILES string of the molecule is CC(C)Oc1ccc(NC(=O)CCc2ccc(OCc3ccccc3)cc2)cc1Cl. The van der Waals surface area contributed by atoms with E-state index in [0.29, 0.717) is 35.9 Å². The molecule has 5 heteroatoms. The fourth-order valence-corrected chi connectivity index (χ4v) is 3.13. The molecule has 3 aromatic carbocycles. The van der Waals surface area contributed by atoms with Crippen molar-refractivity contribution >= 4 is 23.2 Å². The molecule has 1 N–H and O–H groups in total. The van der Waals surface area contributed by atoms with Crippen molar-refractivity contribution in [3.8, 4) is 11.5 Å². The second-order valence-corrected chi connectivity index (χ2v) is 7.69. The number of ether oxygens (including phenoxy) is 2. The van der Waals surface area contributed by atoms with Gasteiger partial charge in [-0.1, -0.05) is 54.1 Å². The van der Waals surface area contributed by atoms with E-state index in [-0.39, 0.29) is 12.0 Å². The Morgan fingerprint density at radius 1 is 0.967 bits per heavy atom. The van der Waals surface area contributed by atoms with Crippen LogP contribution in [0.25, 0.3) is 0 Å². The Morgan fingerprint density at radius 3 is 2.37 bits per heavy atom. The predicted molar refractivity (Wildman–Crippen MR) is 121 cm³/mol. The first-order valence-electron chi connectivity index (χ1n) is 10.0. The summed E-state index contributed by atoms with van der Waals surface area (Å²) in [6.45, 7) is 4.41. The number of rotatable bonds is 9. The van der Waals surface area contributed by atoms with Gasteiger partial charge in [0.05, 0.1) is 11.1 Å². The summed E-state index contributed by atoms with van der Waals surface area (Å²) in [4.78, 5) is 12.3. The molecule has 0 aliphatic carbocycles. The Labute approximate surface area is 182 Å². The highest BCUT2D eigenvalue weighted by molar-refractivity contribution is 6.32. The third-order valence-corrected chi connectivity index (χ3v) is 4.69. The summed E-state index contributed by atoms with van der Waals surface area (Å²) in [6, 6.07) is 23.2. The number of aryl methyl sites for hydroxylation is 1. The molecule has 156 valence electrons. The van der Waals surface area contributed by atoms with Crippen LogP contribution in [0.15, 0.2) is 72.8 Å². The Bertz CT molecular complexity index is 956. The normalized spacial score (nSPS) is 10.7. The van der Waals surface area contributed by atoms with Crippen molar-refractivity contribution in [3.63, 3.8) is 0 Å². The zero-order valence-corrected chi connectivity index (χ0v) is 18.0. The Hall–Kier alpha value is -2.98. The number of amides is 1. The van der Waals surface area contributed by atoms with Crippen LogP contribution in [-0.4, -0.2) is 12.0 Å². The van der Waals surface area contributed by atoms with Crippen molar-refractivity contribution in [2.45, 2.75) is 39.4 Å². The van der Waals surface area contributed by atoms with Gasteiger partial charge in [-0.25, -0.2) is 0 Å². The van der Waals surface area contributed by atoms with Gasteiger partial charge in [0.25, 0.3) is 0 Å². The van der Waals surface area contributed by atoms with E-state index >= 15 is 0 Å². The lowest BCUT2D eigenvalue weighted by atomic mass is 10.1. The molecule has 3 aromatic rings. The van der Waals surface area contributed by atoms with Crippen LogP contribution >= 0.6 is 11.6 Å². The summed E-state index contributed by atoms with van der Waals surface area (Å²) >= 11 is 6.22. The molecule has 0 unspecified atom stereocenters. The Morgan fingerprint density at radius 2 is 1.70 bits per heavy atom. The number of anilines is 1. The molecule has 0 heterocycles. The van der Waals surface area contributed by atoms with Gasteiger partial charge >= 0.3 is 0 Å². The van der Waals surface area contributed by atoms with Crippen molar-refractivity contribution < 1.29 is 14.3 Å². The smallest absolute Gasteiger partial charge is 0.224 e. The molecule has 4 nitrogen and oxygen atoms in total. The van der Waals surface area contributed by atoms with E-state index in [1.54, 1.807) is 18.2 Å². The molecule has 0 aliphatic heterocycles. The van der Waals surface area contributed by atoms with E-state index in [2.05, 4.69) is 5.32 Å². The zero-order valence-electron chi connectivity index (χ0n) is 17.2. The zero-order chi connectivity index (χ0) is 21.3. The summed E-state index contributed by atoms with van der Waals surface area (Å²) in [5.74, 6) is 1.36.